The van der Waals surface area contributed by atoms with E-state index >= 15 is 0 Å². The third-order valence-corrected chi connectivity index (χ3v) is 2.81. The standard InChI is InChI=1S/C18H18O2/c1-2-14-18(19,20-17-11-7-4-8-12-17)15-13-16-9-5-3-6-10-16/h2-13,15,19H,1,14H2/b15-13+. The first-order chi connectivity index (χ1) is 9.72. The number of para-hydroxylation sites is 1. The van der Waals surface area contributed by atoms with Gasteiger partial charge in [-0.3, -0.25) is 0 Å². The second-order valence-electron chi connectivity index (χ2n) is 4.50. The molecule has 0 fully saturated rings. The minimum atomic E-state index is -1.39. The van der Waals surface area contributed by atoms with Crippen LogP contribution in [0.5, 0.6) is 5.75 Å². The van der Waals surface area contributed by atoms with E-state index in [0.29, 0.717) is 12.2 Å². The Morgan fingerprint density at radius 2 is 1.60 bits per heavy atom. The molecule has 0 aliphatic rings. The summed E-state index contributed by atoms with van der Waals surface area (Å²) in [5.41, 5.74) is 1.01. The summed E-state index contributed by atoms with van der Waals surface area (Å²) in [7, 11) is 0. The van der Waals surface area contributed by atoms with Crippen LogP contribution in [0.3, 0.4) is 0 Å². The first kappa shape index (κ1) is 14.1. The van der Waals surface area contributed by atoms with Crippen LogP contribution in [0, 0.1) is 0 Å². The van der Waals surface area contributed by atoms with Crippen LogP contribution < -0.4 is 4.74 Å². The minimum absolute atomic E-state index is 0.311. The van der Waals surface area contributed by atoms with Gasteiger partial charge in [0.25, 0.3) is 0 Å². The number of hydrogen-bond donors (Lipinski definition) is 1. The van der Waals surface area contributed by atoms with E-state index in [2.05, 4.69) is 6.58 Å². The quantitative estimate of drug-likeness (QED) is 0.631. The van der Waals surface area contributed by atoms with Gasteiger partial charge in [0.1, 0.15) is 5.75 Å². The fourth-order valence-corrected chi connectivity index (χ4v) is 1.83. The van der Waals surface area contributed by atoms with Crippen LogP contribution in [-0.4, -0.2) is 10.9 Å². The van der Waals surface area contributed by atoms with Crippen molar-refractivity contribution in [3.8, 4) is 5.75 Å². The maximum atomic E-state index is 10.5. The predicted molar refractivity (Wildman–Crippen MR) is 82.3 cm³/mol. The highest BCUT2D eigenvalue weighted by Gasteiger charge is 2.23. The molecule has 20 heavy (non-hydrogen) atoms. The Balaban J connectivity index is 2.16. The lowest BCUT2D eigenvalue weighted by atomic mass is 10.1. The summed E-state index contributed by atoms with van der Waals surface area (Å²) >= 11 is 0. The molecule has 2 heteroatoms. The lowest BCUT2D eigenvalue weighted by molar-refractivity contribution is -0.0903. The molecule has 0 saturated heterocycles. The fraction of sp³-hybridized carbons (Fsp3) is 0.111. The molecule has 0 radical (unpaired) electrons. The van der Waals surface area contributed by atoms with Gasteiger partial charge in [0.05, 0.1) is 0 Å². The first-order valence-electron chi connectivity index (χ1n) is 6.53. The highest BCUT2D eigenvalue weighted by Crippen LogP contribution is 2.21. The summed E-state index contributed by atoms with van der Waals surface area (Å²) in [6.45, 7) is 3.67. The molecule has 0 amide bonds. The van der Waals surface area contributed by atoms with Gasteiger partial charge >= 0.3 is 0 Å². The molecular weight excluding hydrogens is 248 g/mol. The van der Waals surface area contributed by atoms with Crippen molar-refractivity contribution in [1.82, 2.24) is 0 Å². The van der Waals surface area contributed by atoms with Crippen molar-refractivity contribution in [3.05, 3.63) is 85.0 Å². The Morgan fingerprint density at radius 1 is 1.00 bits per heavy atom. The molecule has 1 unspecified atom stereocenters. The maximum Gasteiger partial charge on any atom is 0.231 e. The fourth-order valence-electron chi connectivity index (χ4n) is 1.83. The van der Waals surface area contributed by atoms with Crippen LogP contribution in [0.2, 0.25) is 0 Å². The highest BCUT2D eigenvalue weighted by atomic mass is 16.6. The molecule has 2 aromatic carbocycles. The van der Waals surface area contributed by atoms with E-state index in [1.807, 2.05) is 66.7 Å². The number of benzene rings is 2. The maximum absolute atomic E-state index is 10.5. The Labute approximate surface area is 119 Å². The van der Waals surface area contributed by atoms with Crippen LogP contribution in [-0.2, 0) is 0 Å². The summed E-state index contributed by atoms with van der Waals surface area (Å²) in [6, 6.07) is 19.0. The Hall–Kier alpha value is -2.32. The lowest BCUT2D eigenvalue weighted by Gasteiger charge is -2.24. The van der Waals surface area contributed by atoms with E-state index in [-0.39, 0.29) is 0 Å². The van der Waals surface area contributed by atoms with E-state index in [1.165, 1.54) is 0 Å². The molecule has 102 valence electrons. The SMILES string of the molecule is C=CCC(O)(/C=C/c1ccccc1)Oc1ccccc1. The molecule has 1 atom stereocenters. The molecule has 0 saturated carbocycles. The number of ether oxygens (including phenoxy) is 1. The molecule has 2 nitrogen and oxygen atoms in total. The van der Waals surface area contributed by atoms with Crippen molar-refractivity contribution in [2.75, 3.05) is 0 Å². The van der Waals surface area contributed by atoms with Crippen molar-refractivity contribution in [2.24, 2.45) is 0 Å². The molecule has 0 spiro atoms. The van der Waals surface area contributed by atoms with Gasteiger partial charge < -0.3 is 9.84 Å². The van der Waals surface area contributed by atoms with Crippen LogP contribution in [0.1, 0.15) is 12.0 Å². The van der Waals surface area contributed by atoms with Crippen molar-refractivity contribution in [3.63, 3.8) is 0 Å². The number of aliphatic hydroxyl groups is 1. The van der Waals surface area contributed by atoms with Crippen molar-refractivity contribution < 1.29 is 9.84 Å². The third-order valence-electron chi connectivity index (χ3n) is 2.81. The Bertz CT molecular complexity index is 560. The van der Waals surface area contributed by atoms with Gasteiger partial charge in [-0.15, -0.1) is 6.58 Å². The largest absolute Gasteiger partial charge is 0.459 e. The van der Waals surface area contributed by atoms with Crippen molar-refractivity contribution in [1.29, 1.82) is 0 Å². The summed E-state index contributed by atoms with van der Waals surface area (Å²) in [5.74, 6) is -0.770. The zero-order valence-corrected chi connectivity index (χ0v) is 11.3. The molecule has 0 aromatic heterocycles. The predicted octanol–water partition coefficient (Wildman–Crippen LogP) is 4.04. The Morgan fingerprint density at radius 3 is 2.20 bits per heavy atom. The number of hydrogen-bond acceptors (Lipinski definition) is 2. The molecule has 2 aromatic rings. The minimum Gasteiger partial charge on any atom is -0.459 e. The van der Waals surface area contributed by atoms with Gasteiger partial charge in [-0.1, -0.05) is 60.7 Å². The highest BCUT2D eigenvalue weighted by molar-refractivity contribution is 5.50. The first-order valence-corrected chi connectivity index (χ1v) is 6.53. The summed E-state index contributed by atoms with van der Waals surface area (Å²) < 4.78 is 5.66. The van der Waals surface area contributed by atoms with Gasteiger partial charge in [-0.05, 0) is 23.8 Å². The zero-order chi connectivity index (χ0) is 14.3. The molecule has 0 aliphatic carbocycles. The monoisotopic (exact) mass is 266 g/mol. The van der Waals surface area contributed by atoms with Gasteiger partial charge in [-0.25, -0.2) is 0 Å². The van der Waals surface area contributed by atoms with E-state index in [1.54, 1.807) is 12.2 Å². The third kappa shape index (κ3) is 4.11. The van der Waals surface area contributed by atoms with Crippen molar-refractivity contribution in [2.45, 2.75) is 12.2 Å². The average molecular weight is 266 g/mol. The molecule has 0 heterocycles. The van der Waals surface area contributed by atoms with Gasteiger partial charge in [0, 0.05) is 6.42 Å². The van der Waals surface area contributed by atoms with Crippen LogP contribution in [0.25, 0.3) is 6.08 Å². The Kier molecular flexibility index (Phi) is 4.75. The molecule has 2 rings (SSSR count). The van der Waals surface area contributed by atoms with Gasteiger partial charge in [0.2, 0.25) is 5.79 Å². The molecule has 1 N–H and O–H groups in total. The summed E-state index contributed by atoms with van der Waals surface area (Å²) in [4.78, 5) is 0. The second kappa shape index (κ2) is 6.73. The van der Waals surface area contributed by atoms with Crippen LogP contribution in [0.15, 0.2) is 79.4 Å². The van der Waals surface area contributed by atoms with E-state index < -0.39 is 5.79 Å². The lowest BCUT2D eigenvalue weighted by Crippen LogP contribution is -2.32. The second-order valence-corrected chi connectivity index (χ2v) is 4.50. The average Bonchev–Trinajstić information content (AvgIpc) is 2.48. The van der Waals surface area contributed by atoms with Gasteiger partial charge in [-0.2, -0.15) is 0 Å². The summed E-state index contributed by atoms with van der Waals surface area (Å²) in [6.07, 6.45) is 5.44. The molecule has 0 aliphatic heterocycles. The number of rotatable bonds is 6. The normalized spacial score (nSPS) is 13.8. The van der Waals surface area contributed by atoms with E-state index in [0.717, 1.165) is 5.56 Å². The molecule has 0 bridgehead atoms. The summed E-state index contributed by atoms with van der Waals surface area (Å²) in [5, 5.41) is 10.5. The topological polar surface area (TPSA) is 29.5 Å². The van der Waals surface area contributed by atoms with Gasteiger partial charge in [0.15, 0.2) is 0 Å². The van der Waals surface area contributed by atoms with Crippen LogP contribution >= 0.6 is 0 Å². The zero-order valence-electron chi connectivity index (χ0n) is 11.3. The van der Waals surface area contributed by atoms with E-state index in [9.17, 15) is 5.11 Å². The van der Waals surface area contributed by atoms with Crippen molar-refractivity contribution >= 4 is 6.08 Å². The van der Waals surface area contributed by atoms with E-state index in [4.69, 9.17) is 4.74 Å². The smallest absolute Gasteiger partial charge is 0.231 e. The van der Waals surface area contributed by atoms with Crippen LogP contribution in [0.4, 0.5) is 0 Å². The molecular formula is C18H18O2.